The van der Waals surface area contributed by atoms with Crippen LogP contribution in [-0.2, 0) is 15.0 Å². The van der Waals surface area contributed by atoms with Gasteiger partial charge in [-0.2, -0.15) is 0 Å². The summed E-state index contributed by atoms with van der Waals surface area (Å²) in [6.45, 7) is 0. The normalized spacial score (nSPS) is 13.3. The molecule has 0 radical (unpaired) electrons. The lowest BCUT2D eigenvalue weighted by molar-refractivity contribution is -0.137. The largest absolute Gasteiger partial charge is 0.481 e. The van der Waals surface area contributed by atoms with Crippen LogP contribution in [0, 0.1) is 0 Å². The fourth-order valence-electron chi connectivity index (χ4n) is 3.71. The van der Waals surface area contributed by atoms with Crippen LogP contribution in [0.15, 0.2) is 91.0 Å². The van der Waals surface area contributed by atoms with Crippen molar-refractivity contribution in [3.05, 3.63) is 118 Å². The summed E-state index contributed by atoms with van der Waals surface area (Å²) in [6, 6.07) is 23.9. The summed E-state index contributed by atoms with van der Waals surface area (Å²) in [4.78, 5) is 25.1. The third kappa shape index (κ3) is 6.67. The topological polar surface area (TPSA) is 54.4 Å². The molecule has 1 N–H and O–H groups in total. The van der Waals surface area contributed by atoms with Gasteiger partial charge in [-0.1, -0.05) is 102 Å². The maximum absolute atomic E-state index is 13.7. The highest BCUT2D eigenvalue weighted by molar-refractivity contribution is 6.32. The van der Waals surface area contributed by atoms with Gasteiger partial charge < -0.3 is 5.11 Å². The van der Waals surface area contributed by atoms with Gasteiger partial charge in [0, 0.05) is 16.5 Å². The molecule has 1 atom stereocenters. The van der Waals surface area contributed by atoms with Crippen molar-refractivity contribution in [1.29, 1.82) is 0 Å². The highest BCUT2D eigenvalue weighted by atomic mass is 35.5. The van der Waals surface area contributed by atoms with Gasteiger partial charge in [-0.3, -0.25) is 9.59 Å². The average molecular weight is 479 g/mol. The van der Waals surface area contributed by atoms with Crippen molar-refractivity contribution < 1.29 is 14.7 Å². The minimum absolute atomic E-state index is 0.130. The molecule has 168 valence electrons. The average Bonchev–Trinajstić information content (AvgIpc) is 2.82. The molecular formula is C28H24Cl2O3. The van der Waals surface area contributed by atoms with E-state index in [1.54, 1.807) is 24.3 Å². The number of benzene rings is 3. The molecule has 0 aromatic heterocycles. The number of halogens is 2. The van der Waals surface area contributed by atoms with E-state index in [0.717, 1.165) is 16.7 Å². The molecule has 0 aliphatic carbocycles. The standard InChI is InChI=1S/C28H24Cl2O3/c29-24-15-12-21(13-16-24)14-17-26(31)28(20-18-27(32)33,23-9-2-1-3-10-23)19-6-8-22-7-4-5-11-25(22)30/h1-17H,18-20H2,(H,32,33)/b8-6+,17-14?. The monoisotopic (exact) mass is 478 g/mol. The summed E-state index contributed by atoms with van der Waals surface area (Å²) in [5.41, 5.74) is 1.42. The summed E-state index contributed by atoms with van der Waals surface area (Å²) >= 11 is 12.2. The second-order valence-corrected chi connectivity index (χ2v) is 8.56. The van der Waals surface area contributed by atoms with Crippen molar-refractivity contribution in [2.24, 2.45) is 0 Å². The number of allylic oxidation sites excluding steroid dienone is 2. The number of hydrogen-bond acceptors (Lipinski definition) is 2. The number of aliphatic carboxylic acids is 1. The zero-order valence-corrected chi connectivity index (χ0v) is 19.5. The van der Waals surface area contributed by atoms with Gasteiger partial charge in [0.1, 0.15) is 0 Å². The molecule has 0 amide bonds. The Bertz CT molecular complexity index is 1150. The molecule has 0 saturated heterocycles. The quantitative estimate of drug-likeness (QED) is 0.307. The third-order valence-electron chi connectivity index (χ3n) is 5.53. The van der Waals surface area contributed by atoms with Crippen LogP contribution >= 0.6 is 23.2 Å². The van der Waals surface area contributed by atoms with Gasteiger partial charge in [0.15, 0.2) is 5.78 Å². The van der Waals surface area contributed by atoms with Crippen LogP contribution in [0.25, 0.3) is 12.2 Å². The number of carboxylic acids is 1. The Kier molecular flexibility index (Phi) is 8.65. The lowest BCUT2D eigenvalue weighted by Crippen LogP contribution is -2.35. The Morgan fingerprint density at radius 3 is 2.18 bits per heavy atom. The predicted octanol–water partition coefficient (Wildman–Crippen LogP) is 7.48. The number of carbonyl (C=O) groups is 2. The Morgan fingerprint density at radius 2 is 1.52 bits per heavy atom. The third-order valence-corrected chi connectivity index (χ3v) is 6.13. The molecule has 0 aliphatic heterocycles. The SMILES string of the molecule is O=C(O)CCC(C/C=C/c1ccccc1Cl)(C(=O)C=Cc1ccc(Cl)cc1)c1ccccc1. The van der Waals surface area contributed by atoms with Crippen LogP contribution in [0.1, 0.15) is 36.0 Å². The van der Waals surface area contributed by atoms with Crippen LogP contribution < -0.4 is 0 Å². The molecule has 3 aromatic rings. The zero-order chi connectivity index (χ0) is 23.7. The van der Waals surface area contributed by atoms with E-state index in [1.807, 2.05) is 72.8 Å². The van der Waals surface area contributed by atoms with Gasteiger partial charge in [0.2, 0.25) is 0 Å². The van der Waals surface area contributed by atoms with E-state index in [-0.39, 0.29) is 18.6 Å². The molecule has 0 bridgehead atoms. The molecule has 0 saturated carbocycles. The summed E-state index contributed by atoms with van der Waals surface area (Å²) in [6.07, 6.45) is 7.40. The molecule has 3 rings (SSSR count). The molecule has 3 nitrogen and oxygen atoms in total. The predicted molar refractivity (Wildman–Crippen MR) is 136 cm³/mol. The Labute approximate surface area is 204 Å². The van der Waals surface area contributed by atoms with E-state index in [0.29, 0.717) is 16.5 Å². The summed E-state index contributed by atoms with van der Waals surface area (Å²) in [7, 11) is 0. The molecule has 0 fully saturated rings. The van der Waals surface area contributed by atoms with E-state index in [4.69, 9.17) is 23.2 Å². The van der Waals surface area contributed by atoms with Crippen molar-refractivity contribution in [3.8, 4) is 0 Å². The fourth-order valence-corrected chi connectivity index (χ4v) is 4.04. The lowest BCUT2D eigenvalue weighted by atomic mass is 9.70. The summed E-state index contributed by atoms with van der Waals surface area (Å²) in [5, 5.41) is 10.6. The van der Waals surface area contributed by atoms with Crippen molar-refractivity contribution in [2.75, 3.05) is 0 Å². The lowest BCUT2D eigenvalue weighted by Gasteiger charge is -2.31. The van der Waals surface area contributed by atoms with Crippen molar-refractivity contribution >= 4 is 47.1 Å². The number of hydrogen-bond donors (Lipinski definition) is 1. The van der Waals surface area contributed by atoms with E-state index in [1.165, 1.54) is 6.08 Å². The van der Waals surface area contributed by atoms with Gasteiger partial charge >= 0.3 is 5.97 Å². The van der Waals surface area contributed by atoms with E-state index >= 15 is 0 Å². The minimum atomic E-state index is -1.03. The number of carbonyl (C=O) groups excluding carboxylic acids is 1. The first-order valence-electron chi connectivity index (χ1n) is 10.6. The molecule has 0 spiro atoms. The zero-order valence-electron chi connectivity index (χ0n) is 18.0. The van der Waals surface area contributed by atoms with Crippen LogP contribution in [-0.4, -0.2) is 16.9 Å². The maximum Gasteiger partial charge on any atom is 0.303 e. The highest BCUT2D eigenvalue weighted by Crippen LogP contribution is 2.36. The minimum Gasteiger partial charge on any atom is -0.481 e. The Morgan fingerprint density at radius 1 is 0.848 bits per heavy atom. The van der Waals surface area contributed by atoms with E-state index < -0.39 is 11.4 Å². The van der Waals surface area contributed by atoms with Crippen molar-refractivity contribution in [1.82, 2.24) is 0 Å². The van der Waals surface area contributed by atoms with Gasteiger partial charge in [0.05, 0.1) is 5.41 Å². The van der Waals surface area contributed by atoms with Gasteiger partial charge in [0.25, 0.3) is 0 Å². The van der Waals surface area contributed by atoms with Gasteiger partial charge in [-0.05, 0) is 53.8 Å². The first kappa shape index (κ1) is 24.5. The molecule has 0 aliphatic rings. The van der Waals surface area contributed by atoms with Gasteiger partial charge in [-0.15, -0.1) is 0 Å². The highest BCUT2D eigenvalue weighted by Gasteiger charge is 2.37. The summed E-state index contributed by atoms with van der Waals surface area (Å²) < 4.78 is 0. The second kappa shape index (κ2) is 11.6. The van der Waals surface area contributed by atoms with Crippen LogP contribution in [0.4, 0.5) is 0 Å². The molecule has 5 heteroatoms. The van der Waals surface area contributed by atoms with Crippen molar-refractivity contribution in [2.45, 2.75) is 24.7 Å². The smallest absolute Gasteiger partial charge is 0.303 e. The Balaban J connectivity index is 1.99. The van der Waals surface area contributed by atoms with Crippen LogP contribution in [0.3, 0.4) is 0 Å². The Hall–Kier alpha value is -3.14. The van der Waals surface area contributed by atoms with Gasteiger partial charge in [-0.25, -0.2) is 0 Å². The number of carboxylic acid groups (broad SMARTS) is 1. The maximum atomic E-state index is 13.7. The molecular weight excluding hydrogens is 455 g/mol. The first-order valence-corrected chi connectivity index (χ1v) is 11.3. The summed E-state index contributed by atoms with van der Waals surface area (Å²) in [5.74, 6) is -1.10. The van der Waals surface area contributed by atoms with Crippen molar-refractivity contribution in [3.63, 3.8) is 0 Å². The second-order valence-electron chi connectivity index (χ2n) is 7.72. The molecule has 3 aromatic carbocycles. The molecule has 1 unspecified atom stereocenters. The van der Waals surface area contributed by atoms with Crippen LogP contribution in [0.5, 0.6) is 0 Å². The molecule has 0 heterocycles. The first-order chi connectivity index (χ1) is 15.9. The number of ketones is 1. The number of rotatable bonds is 10. The molecule has 33 heavy (non-hydrogen) atoms. The van der Waals surface area contributed by atoms with E-state index in [9.17, 15) is 14.7 Å². The van der Waals surface area contributed by atoms with Crippen LogP contribution in [0.2, 0.25) is 10.0 Å². The van der Waals surface area contributed by atoms with E-state index in [2.05, 4.69) is 0 Å². The fraction of sp³-hybridized carbons (Fsp3) is 0.143.